The summed E-state index contributed by atoms with van der Waals surface area (Å²) in [6.07, 6.45) is -10.3. The lowest BCUT2D eigenvalue weighted by Crippen LogP contribution is -2.37. The molecule has 2 amide bonds. The summed E-state index contributed by atoms with van der Waals surface area (Å²) in [4.78, 5) is 24.0. The normalized spacial score (nSPS) is 15.8. The average molecular weight is 452 g/mol. The van der Waals surface area contributed by atoms with Gasteiger partial charge in [-0.2, -0.15) is 26.3 Å². The van der Waals surface area contributed by atoms with Gasteiger partial charge in [-0.25, -0.2) is 12.7 Å². The van der Waals surface area contributed by atoms with Crippen molar-refractivity contribution in [2.45, 2.75) is 17.2 Å². The largest absolute Gasteiger partial charge is 0.416 e. The second-order valence-corrected chi connectivity index (χ2v) is 7.99. The molecule has 0 fully saturated rings. The molecule has 0 aliphatic carbocycles. The molecule has 0 aromatic heterocycles. The van der Waals surface area contributed by atoms with E-state index in [1.54, 1.807) is 5.32 Å². The van der Waals surface area contributed by atoms with Crippen LogP contribution in [0, 0.1) is 0 Å². The molecule has 1 heterocycles. The van der Waals surface area contributed by atoms with Crippen molar-refractivity contribution in [2.24, 2.45) is 0 Å². The van der Waals surface area contributed by atoms with Gasteiger partial charge in [0.1, 0.15) is 11.4 Å². The Morgan fingerprint density at radius 3 is 1.97 bits per heavy atom. The molecule has 2 aromatic rings. The first-order valence-electron chi connectivity index (χ1n) is 7.96. The minimum Gasteiger partial charge on any atom is -0.324 e. The molecule has 0 spiro atoms. The van der Waals surface area contributed by atoms with E-state index in [0.717, 1.165) is 6.07 Å². The third kappa shape index (κ3) is 3.97. The minimum absolute atomic E-state index is 0.124. The Balaban J connectivity index is 1.88. The van der Waals surface area contributed by atoms with E-state index in [0.29, 0.717) is 0 Å². The molecule has 1 aliphatic heterocycles. The number of hydrogen-bond acceptors (Lipinski definition) is 4. The Hall–Kier alpha value is -3.09. The Kier molecular flexibility index (Phi) is 5.05. The lowest BCUT2D eigenvalue weighted by atomic mass is 10.1. The van der Waals surface area contributed by atoms with E-state index in [2.05, 4.69) is 0 Å². The number of carbonyl (C=O) groups excluding carboxylic acids is 2. The van der Waals surface area contributed by atoms with E-state index in [4.69, 9.17) is 0 Å². The van der Waals surface area contributed by atoms with Crippen LogP contribution in [0.1, 0.15) is 21.5 Å². The maximum Gasteiger partial charge on any atom is 0.416 e. The van der Waals surface area contributed by atoms with Crippen LogP contribution in [0.4, 0.5) is 32.0 Å². The number of nitrogens with one attached hydrogen (secondary N) is 1. The highest BCUT2D eigenvalue weighted by Gasteiger charge is 2.42. The Labute approximate surface area is 165 Å². The molecule has 0 radical (unpaired) electrons. The number of benzene rings is 2. The van der Waals surface area contributed by atoms with Gasteiger partial charge in [-0.05, 0) is 30.3 Å². The van der Waals surface area contributed by atoms with Gasteiger partial charge in [0, 0.05) is 5.69 Å². The summed E-state index contributed by atoms with van der Waals surface area (Å²) in [5.74, 6) is -2.34. The number of fused-ring (bicyclic) bond motifs is 1. The molecule has 3 rings (SSSR count). The van der Waals surface area contributed by atoms with Crippen LogP contribution in [0.3, 0.4) is 0 Å². The number of carbonyl (C=O) groups is 2. The summed E-state index contributed by atoms with van der Waals surface area (Å²) in [6, 6.07) is 5.47. The van der Waals surface area contributed by atoms with Crippen LogP contribution in [0.25, 0.3) is 0 Å². The third-order valence-electron chi connectivity index (χ3n) is 4.07. The number of alkyl halides is 6. The maximum absolute atomic E-state index is 12.9. The van der Waals surface area contributed by atoms with Gasteiger partial charge in [-0.1, -0.05) is 12.1 Å². The second-order valence-electron chi connectivity index (χ2n) is 6.16. The highest BCUT2D eigenvalue weighted by atomic mass is 32.2. The molecule has 0 atom stereocenters. The molecule has 0 saturated carbocycles. The number of halogens is 6. The zero-order valence-corrected chi connectivity index (χ0v) is 15.3. The summed E-state index contributed by atoms with van der Waals surface area (Å²) in [7, 11) is -4.38. The van der Waals surface area contributed by atoms with Crippen molar-refractivity contribution in [3.05, 3.63) is 59.2 Å². The SMILES string of the molecule is O=C(CN1C(=O)c2ccccc2S1(=O)=O)Nc1cc(C(F)(F)F)cc(C(F)(F)F)c1. The van der Waals surface area contributed by atoms with E-state index in [1.165, 1.54) is 18.2 Å². The van der Waals surface area contributed by atoms with Gasteiger partial charge in [0.05, 0.1) is 16.7 Å². The Morgan fingerprint density at radius 1 is 0.933 bits per heavy atom. The number of sulfonamides is 1. The van der Waals surface area contributed by atoms with Gasteiger partial charge in [-0.15, -0.1) is 0 Å². The number of nitrogens with zero attached hydrogens (tertiary/aromatic N) is 1. The number of hydrogen-bond donors (Lipinski definition) is 1. The van der Waals surface area contributed by atoms with Crippen molar-refractivity contribution < 1.29 is 44.3 Å². The summed E-state index contributed by atoms with van der Waals surface area (Å²) < 4.78 is 102. The van der Waals surface area contributed by atoms with Crippen LogP contribution in [0.2, 0.25) is 0 Å². The standard InChI is InChI=1S/C17H10F6N2O4S/c18-16(19,20)9-5-10(17(21,22)23)7-11(6-9)24-14(26)8-25-15(27)12-3-1-2-4-13(12)30(25,28)29/h1-7H,8H2,(H,24,26). The number of amides is 2. The Morgan fingerprint density at radius 2 is 1.47 bits per heavy atom. The first-order chi connectivity index (χ1) is 13.7. The topological polar surface area (TPSA) is 83.6 Å². The molecule has 0 saturated heterocycles. The first kappa shape index (κ1) is 21.6. The van der Waals surface area contributed by atoms with Gasteiger partial charge >= 0.3 is 12.4 Å². The molecule has 13 heteroatoms. The molecule has 2 aromatic carbocycles. The van der Waals surface area contributed by atoms with Gasteiger partial charge in [0.25, 0.3) is 15.9 Å². The highest BCUT2D eigenvalue weighted by Crippen LogP contribution is 2.37. The number of anilines is 1. The predicted octanol–water partition coefficient (Wildman–Crippen LogP) is 3.51. The molecule has 160 valence electrons. The predicted molar refractivity (Wildman–Crippen MR) is 89.7 cm³/mol. The average Bonchev–Trinajstić information content (AvgIpc) is 2.81. The quantitative estimate of drug-likeness (QED) is 0.723. The van der Waals surface area contributed by atoms with Crippen molar-refractivity contribution >= 4 is 27.5 Å². The van der Waals surface area contributed by atoms with Crippen molar-refractivity contribution in [2.75, 3.05) is 11.9 Å². The number of rotatable bonds is 3. The minimum atomic E-state index is -5.13. The first-order valence-corrected chi connectivity index (χ1v) is 9.41. The van der Waals surface area contributed by atoms with E-state index >= 15 is 0 Å². The molecular weight excluding hydrogens is 442 g/mol. The van der Waals surface area contributed by atoms with Crippen LogP contribution >= 0.6 is 0 Å². The van der Waals surface area contributed by atoms with Crippen LogP contribution in [0.15, 0.2) is 47.4 Å². The lowest BCUT2D eigenvalue weighted by molar-refractivity contribution is -0.143. The van der Waals surface area contributed by atoms with Gasteiger partial charge in [-0.3, -0.25) is 9.59 Å². The summed E-state index contributed by atoms with van der Waals surface area (Å²) in [6.45, 7) is -1.13. The molecule has 1 aliphatic rings. The summed E-state index contributed by atoms with van der Waals surface area (Å²) in [5.41, 5.74) is -4.39. The molecule has 6 nitrogen and oxygen atoms in total. The van der Waals surface area contributed by atoms with Crippen molar-refractivity contribution in [1.29, 1.82) is 0 Å². The second kappa shape index (κ2) is 7.00. The smallest absolute Gasteiger partial charge is 0.324 e. The molecule has 0 bridgehead atoms. The fraction of sp³-hybridized carbons (Fsp3) is 0.176. The van der Waals surface area contributed by atoms with E-state index in [9.17, 15) is 44.3 Å². The van der Waals surface area contributed by atoms with Crippen molar-refractivity contribution in [3.63, 3.8) is 0 Å². The molecular formula is C17H10F6N2O4S. The van der Waals surface area contributed by atoms with Crippen LogP contribution in [-0.4, -0.2) is 31.1 Å². The molecule has 0 unspecified atom stereocenters. The van der Waals surface area contributed by atoms with Gasteiger partial charge < -0.3 is 5.32 Å². The molecule has 1 N–H and O–H groups in total. The zero-order chi connectivity index (χ0) is 22.5. The van der Waals surface area contributed by atoms with Crippen molar-refractivity contribution in [3.8, 4) is 0 Å². The fourth-order valence-electron chi connectivity index (χ4n) is 2.75. The van der Waals surface area contributed by atoms with Crippen LogP contribution in [-0.2, 0) is 27.2 Å². The van der Waals surface area contributed by atoms with E-state index in [-0.39, 0.29) is 33.0 Å². The summed E-state index contributed by atoms with van der Waals surface area (Å²) in [5, 5.41) is 1.78. The Bertz CT molecular complexity index is 1110. The van der Waals surface area contributed by atoms with E-state index in [1.807, 2.05) is 0 Å². The lowest BCUT2D eigenvalue weighted by Gasteiger charge is -2.17. The van der Waals surface area contributed by atoms with E-state index < -0.39 is 57.5 Å². The maximum atomic E-state index is 12.9. The van der Waals surface area contributed by atoms with Gasteiger partial charge in [0.2, 0.25) is 5.91 Å². The fourth-order valence-corrected chi connectivity index (χ4v) is 4.27. The molecule has 30 heavy (non-hydrogen) atoms. The summed E-state index contributed by atoms with van der Waals surface area (Å²) >= 11 is 0. The highest BCUT2D eigenvalue weighted by molar-refractivity contribution is 7.90. The zero-order valence-electron chi connectivity index (χ0n) is 14.5. The van der Waals surface area contributed by atoms with Crippen molar-refractivity contribution in [1.82, 2.24) is 4.31 Å². The third-order valence-corrected chi connectivity index (χ3v) is 5.86. The van der Waals surface area contributed by atoms with Crippen LogP contribution in [0.5, 0.6) is 0 Å². The van der Waals surface area contributed by atoms with Gasteiger partial charge in [0.15, 0.2) is 0 Å². The van der Waals surface area contributed by atoms with Crippen LogP contribution < -0.4 is 5.32 Å². The monoisotopic (exact) mass is 452 g/mol.